The molecular formula is C31H30F4N2O6. The van der Waals surface area contributed by atoms with Gasteiger partial charge in [-0.1, -0.05) is 54.6 Å². The van der Waals surface area contributed by atoms with Crippen LogP contribution in [0.2, 0.25) is 0 Å². The number of carboxylic acid groups (broad SMARTS) is 1. The Labute approximate surface area is 245 Å². The number of rotatable bonds is 12. The first-order valence-corrected chi connectivity index (χ1v) is 13.6. The van der Waals surface area contributed by atoms with Gasteiger partial charge >= 0.3 is 5.97 Å². The van der Waals surface area contributed by atoms with Gasteiger partial charge in [0, 0.05) is 18.2 Å². The smallest absolute Gasteiger partial charge is 0.305 e. The second-order valence-corrected chi connectivity index (χ2v) is 10.1. The van der Waals surface area contributed by atoms with Gasteiger partial charge in [-0.2, -0.15) is 8.78 Å². The number of carbonyl (C=O) groups is 3. The highest BCUT2D eigenvalue weighted by Crippen LogP contribution is 2.39. The molecule has 43 heavy (non-hydrogen) atoms. The van der Waals surface area contributed by atoms with Crippen molar-refractivity contribution >= 4 is 17.7 Å². The molecule has 1 aliphatic rings. The fourth-order valence-corrected chi connectivity index (χ4v) is 4.96. The Hall–Kier alpha value is -4.29. The van der Waals surface area contributed by atoms with Crippen LogP contribution in [0.1, 0.15) is 38.2 Å². The summed E-state index contributed by atoms with van der Waals surface area (Å²) in [6.07, 6.45) is 1.22. The van der Waals surface area contributed by atoms with Crippen molar-refractivity contribution in [2.75, 3.05) is 13.2 Å². The quantitative estimate of drug-likeness (QED) is 0.201. The molecule has 1 amide bonds. The molecule has 0 spiro atoms. The zero-order valence-electron chi connectivity index (χ0n) is 23.2. The van der Waals surface area contributed by atoms with Gasteiger partial charge in [-0.3, -0.25) is 19.7 Å². The molecule has 3 atom stereocenters. The number of Topliss-reactive ketones (excluding diaryl/α,β-unsaturated/α-hetero) is 1. The van der Waals surface area contributed by atoms with E-state index in [0.29, 0.717) is 13.0 Å². The van der Waals surface area contributed by atoms with E-state index >= 15 is 0 Å². The van der Waals surface area contributed by atoms with E-state index in [1.54, 1.807) is 0 Å². The minimum atomic E-state index is -1.86. The third-order valence-electron chi connectivity index (χ3n) is 7.08. The van der Waals surface area contributed by atoms with Gasteiger partial charge in [-0.15, -0.1) is 0 Å². The Balaban J connectivity index is 1.53. The molecule has 1 unspecified atom stereocenters. The summed E-state index contributed by atoms with van der Waals surface area (Å²) in [7, 11) is 0. The SMILES string of the molecule is C[C@H](NC1(c2ccccc2-c2ccccc2)CCCCO1)C(=O)N[C@@H](CC(=O)O)C(=O)COc1c(F)c(F)cc(F)c1F. The zero-order chi connectivity index (χ0) is 31.1. The Kier molecular flexibility index (Phi) is 10.1. The van der Waals surface area contributed by atoms with Crippen LogP contribution in [0.15, 0.2) is 60.7 Å². The molecule has 4 rings (SSSR count). The number of nitrogens with one attached hydrogen (secondary N) is 2. The van der Waals surface area contributed by atoms with E-state index in [-0.39, 0.29) is 6.07 Å². The monoisotopic (exact) mass is 602 g/mol. The van der Waals surface area contributed by atoms with E-state index in [4.69, 9.17) is 4.74 Å². The number of amides is 1. The van der Waals surface area contributed by atoms with Crippen LogP contribution in [0.4, 0.5) is 17.6 Å². The van der Waals surface area contributed by atoms with Crippen molar-refractivity contribution in [2.24, 2.45) is 0 Å². The van der Waals surface area contributed by atoms with Crippen molar-refractivity contribution in [2.45, 2.75) is 50.4 Å². The van der Waals surface area contributed by atoms with Crippen LogP contribution < -0.4 is 15.4 Å². The molecule has 3 aromatic rings. The highest BCUT2D eigenvalue weighted by Gasteiger charge is 2.40. The fourth-order valence-electron chi connectivity index (χ4n) is 4.96. The van der Waals surface area contributed by atoms with Crippen LogP contribution >= 0.6 is 0 Å². The minimum absolute atomic E-state index is 0.0256. The molecule has 8 nitrogen and oxygen atoms in total. The van der Waals surface area contributed by atoms with Gasteiger partial charge in [-0.25, -0.2) is 8.78 Å². The summed E-state index contributed by atoms with van der Waals surface area (Å²) in [6.45, 7) is 0.753. The first kappa shape index (κ1) is 31.6. The second-order valence-electron chi connectivity index (χ2n) is 10.1. The molecule has 228 valence electrons. The number of carbonyl (C=O) groups excluding carboxylic acids is 2. The molecular weight excluding hydrogens is 572 g/mol. The van der Waals surface area contributed by atoms with Crippen LogP contribution in [0.25, 0.3) is 11.1 Å². The first-order valence-electron chi connectivity index (χ1n) is 13.6. The van der Waals surface area contributed by atoms with Crippen molar-refractivity contribution in [1.82, 2.24) is 10.6 Å². The predicted molar refractivity (Wildman–Crippen MR) is 147 cm³/mol. The molecule has 1 fully saturated rings. The Morgan fingerprint density at radius 1 is 0.977 bits per heavy atom. The summed E-state index contributed by atoms with van der Waals surface area (Å²) in [6, 6.07) is 14.5. The lowest BCUT2D eigenvalue weighted by atomic mass is 9.87. The highest BCUT2D eigenvalue weighted by molar-refractivity contribution is 5.94. The topological polar surface area (TPSA) is 114 Å². The standard InChI is InChI=1S/C31H30F4N2O6/c1-18(37-31(13-7-8-14-43-31)21-12-6-5-11-20(21)19-9-3-2-4-10-19)30(41)36-24(16-26(39)40)25(38)17-42-29-27(34)22(32)15-23(33)28(29)35/h2-6,9-12,15,18,24,37H,7-8,13-14,16-17H2,1H3,(H,36,41)(H,39,40)/t18-,24-,31?/m0/s1. The average molecular weight is 603 g/mol. The second kappa shape index (κ2) is 13.8. The molecule has 0 bridgehead atoms. The zero-order valence-corrected chi connectivity index (χ0v) is 23.2. The summed E-state index contributed by atoms with van der Waals surface area (Å²) >= 11 is 0. The van der Waals surface area contributed by atoms with Crippen molar-refractivity contribution < 1.29 is 46.5 Å². The van der Waals surface area contributed by atoms with Crippen molar-refractivity contribution in [3.8, 4) is 16.9 Å². The Morgan fingerprint density at radius 2 is 1.63 bits per heavy atom. The maximum absolute atomic E-state index is 14.0. The van der Waals surface area contributed by atoms with Crippen molar-refractivity contribution in [3.63, 3.8) is 0 Å². The van der Waals surface area contributed by atoms with Crippen molar-refractivity contribution in [3.05, 3.63) is 89.5 Å². The minimum Gasteiger partial charge on any atom is -0.481 e. The van der Waals surface area contributed by atoms with E-state index in [0.717, 1.165) is 29.5 Å². The molecule has 0 aliphatic carbocycles. The molecule has 3 N–H and O–H groups in total. The van der Waals surface area contributed by atoms with Gasteiger partial charge in [0.2, 0.25) is 17.5 Å². The van der Waals surface area contributed by atoms with Gasteiger partial charge in [0.15, 0.2) is 23.2 Å². The first-order chi connectivity index (χ1) is 20.5. The van der Waals surface area contributed by atoms with E-state index in [2.05, 4.69) is 15.4 Å². The summed E-state index contributed by atoms with van der Waals surface area (Å²) in [5.74, 6) is -12.0. The van der Waals surface area contributed by atoms with Gasteiger partial charge in [-0.05, 0) is 37.3 Å². The van der Waals surface area contributed by atoms with Crippen LogP contribution in [-0.2, 0) is 24.8 Å². The lowest BCUT2D eigenvalue weighted by Crippen LogP contribution is -2.57. The Morgan fingerprint density at radius 3 is 2.26 bits per heavy atom. The largest absolute Gasteiger partial charge is 0.481 e. The maximum Gasteiger partial charge on any atom is 0.305 e. The molecule has 12 heteroatoms. The third-order valence-corrected chi connectivity index (χ3v) is 7.08. The number of benzene rings is 3. The molecule has 1 aliphatic heterocycles. The van der Waals surface area contributed by atoms with Crippen molar-refractivity contribution in [1.29, 1.82) is 0 Å². The summed E-state index contributed by atoms with van der Waals surface area (Å²) in [5.41, 5.74) is 1.52. The van der Waals surface area contributed by atoms with Gasteiger partial charge < -0.3 is 19.9 Å². The van der Waals surface area contributed by atoms with E-state index in [9.17, 15) is 37.1 Å². The molecule has 0 aromatic heterocycles. The lowest BCUT2D eigenvalue weighted by molar-refractivity contribution is -0.142. The van der Waals surface area contributed by atoms with Gasteiger partial charge in [0.1, 0.15) is 18.4 Å². The number of hydrogen-bond donors (Lipinski definition) is 3. The van der Waals surface area contributed by atoms with E-state index in [1.807, 2.05) is 54.6 Å². The molecule has 1 saturated heterocycles. The number of ether oxygens (including phenoxy) is 2. The molecule has 0 radical (unpaired) electrons. The number of ketones is 1. The molecule has 3 aromatic carbocycles. The number of aliphatic carboxylic acids is 1. The average Bonchev–Trinajstić information content (AvgIpc) is 3.00. The van der Waals surface area contributed by atoms with Crippen LogP contribution in [0, 0.1) is 23.3 Å². The van der Waals surface area contributed by atoms with Crippen LogP contribution in [0.5, 0.6) is 5.75 Å². The molecule has 0 saturated carbocycles. The third kappa shape index (κ3) is 7.38. The fraction of sp³-hybridized carbons (Fsp3) is 0.323. The van der Waals surface area contributed by atoms with Crippen LogP contribution in [-0.4, -0.2) is 48.1 Å². The number of halogens is 4. The van der Waals surface area contributed by atoms with E-state index < -0.39 is 77.5 Å². The van der Waals surface area contributed by atoms with Gasteiger partial charge in [0.05, 0.1) is 12.5 Å². The van der Waals surface area contributed by atoms with Gasteiger partial charge in [0.25, 0.3) is 0 Å². The number of hydrogen-bond acceptors (Lipinski definition) is 6. The summed E-state index contributed by atoms with van der Waals surface area (Å²) < 4.78 is 65.9. The number of carboxylic acids is 1. The summed E-state index contributed by atoms with van der Waals surface area (Å²) in [5, 5.41) is 14.9. The van der Waals surface area contributed by atoms with Crippen LogP contribution in [0.3, 0.4) is 0 Å². The normalized spacial score (nSPS) is 18.0. The van der Waals surface area contributed by atoms with E-state index in [1.165, 1.54) is 6.92 Å². The Bertz CT molecular complexity index is 1450. The predicted octanol–water partition coefficient (Wildman–Crippen LogP) is 4.85. The lowest BCUT2D eigenvalue weighted by Gasteiger charge is -2.41. The summed E-state index contributed by atoms with van der Waals surface area (Å²) in [4.78, 5) is 37.5. The highest BCUT2D eigenvalue weighted by atomic mass is 19.2. The maximum atomic E-state index is 14.0. The molecule has 1 heterocycles.